The van der Waals surface area contributed by atoms with Crippen LogP contribution < -0.4 is 11.1 Å². The van der Waals surface area contributed by atoms with E-state index in [0.29, 0.717) is 11.4 Å². The molecule has 1 amide bonds. The van der Waals surface area contributed by atoms with Crippen molar-refractivity contribution < 1.29 is 9.00 Å². The Morgan fingerprint density at radius 2 is 2.14 bits per heavy atom. The lowest BCUT2D eigenvalue weighted by atomic mass is 10.3. The number of nitrogens with two attached hydrogens (primary N) is 1. The fourth-order valence-corrected chi connectivity index (χ4v) is 1.42. The van der Waals surface area contributed by atoms with Crippen LogP contribution in [-0.4, -0.2) is 22.1 Å². The van der Waals surface area contributed by atoms with Crippen LogP contribution in [0.15, 0.2) is 24.3 Å². The maximum absolute atomic E-state index is 11.2. The molecular formula is C9H12N2O2S. The fraction of sp³-hybridized carbons (Fsp3) is 0.222. The summed E-state index contributed by atoms with van der Waals surface area (Å²) in [6, 6.07) is 6.95. The third kappa shape index (κ3) is 3.18. The van der Waals surface area contributed by atoms with Gasteiger partial charge in [-0.2, -0.15) is 0 Å². The van der Waals surface area contributed by atoms with Crippen molar-refractivity contribution in [1.29, 1.82) is 0 Å². The van der Waals surface area contributed by atoms with Gasteiger partial charge in [0.1, 0.15) is 5.75 Å². The normalized spacial score (nSPS) is 12.1. The van der Waals surface area contributed by atoms with E-state index in [4.69, 9.17) is 5.73 Å². The van der Waals surface area contributed by atoms with Crippen LogP contribution in [0, 0.1) is 0 Å². The molecule has 4 nitrogen and oxygen atoms in total. The monoisotopic (exact) mass is 212 g/mol. The van der Waals surface area contributed by atoms with Crippen molar-refractivity contribution in [1.82, 2.24) is 0 Å². The van der Waals surface area contributed by atoms with Gasteiger partial charge in [0.05, 0.1) is 11.4 Å². The van der Waals surface area contributed by atoms with E-state index in [2.05, 4.69) is 5.32 Å². The third-order valence-electron chi connectivity index (χ3n) is 1.57. The van der Waals surface area contributed by atoms with Crippen LogP contribution in [-0.2, 0) is 15.6 Å². The largest absolute Gasteiger partial charge is 0.397 e. The van der Waals surface area contributed by atoms with Crippen LogP contribution >= 0.6 is 0 Å². The molecule has 0 saturated carbocycles. The number of rotatable bonds is 3. The van der Waals surface area contributed by atoms with Gasteiger partial charge in [0, 0.05) is 17.1 Å². The minimum absolute atomic E-state index is 0.00562. The molecule has 0 bridgehead atoms. The van der Waals surface area contributed by atoms with Crippen LogP contribution in [0.25, 0.3) is 0 Å². The van der Waals surface area contributed by atoms with E-state index in [0.717, 1.165) is 0 Å². The summed E-state index contributed by atoms with van der Waals surface area (Å²) in [5, 5.41) is 2.58. The zero-order valence-corrected chi connectivity index (χ0v) is 8.64. The van der Waals surface area contributed by atoms with Gasteiger partial charge in [-0.3, -0.25) is 9.00 Å². The lowest BCUT2D eigenvalue weighted by molar-refractivity contribution is -0.113. The van der Waals surface area contributed by atoms with Gasteiger partial charge in [-0.1, -0.05) is 12.1 Å². The van der Waals surface area contributed by atoms with E-state index in [9.17, 15) is 9.00 Å². The average Bonchev–Trinajstić information content (AvgIpc) is 2.07. The average molecular weight is 212 g/mol. The minimum atomic E-state index is -1.13. The number of nitrogen functional groups attached to an aromatic ring is 1. The Bertz CT molecular complexity index is 366. The number of carbonyl (C=O) groups excluding carboxylic acids is 1. The van der Waals surface area contributed by atoms with Crippen LogP contribution in [0.2, 0.25) is 0 Å². The molecule has 0 aliphatic rings. The zero-order valence-electron chi connectivity index (χ0n) is 7.82. The Hall–Kier alpha value is -1.36. The highest BCUT2D eigenvalue weighted by Gasteiger charge is 2.05. The standard InChI is InChI=1S/C9H12N2O2S/c1-14(13)6-9(12)11-8-5-3-2-4-7(8)10/h2-5H,6,10H2,1H3,(H,11,12). The second-order valence-electron chi connectivity index (χ2n) is 2.85. The Morgan fingerprint density at radius 1 is 1.50 bits per heavy atom. The highest BCUT2D eigenvalue weighted by Crippen LogP contribution is 2.16. The predicted molar refractivity (Wildman–Crippen MR) is 58.4 cm³/mol. The van der Waals surface area contributed by atoms with Crippen LogP contribution in [0.3, 0.4) is 0 Å². The minimum Gasteiger partial charge on any atom is -0.397 e. The third-order valence-corrected chi connectivity index (χ3v) is 2.24. The molecule has 0 radical (unpaired) electrons. The van der Waals surface area contributed by atoms with Crippen molar-refractivity contribution >= 4 is 28.1 Å². The number of carbonyl (C=O) groups is 1. The van der Waals surface area contributed by atoms with Crippen molar-refractivity contribution in [3.8, 4) is 0 Å². The van der Waals surface area contributed by atoms with Gasteiger partial charge in [0.2, 0.25) is 5.91 Å². The lowest BCUT2D eigenvalue weighted by Gasteiger charge is -2.06. The van der Waals surface area contributed by atoms with Gasteiger partial charge in [-0.25, -0.2) is 0 Å². The van der Waals surface area contributed by atoms with Crippen LogP contribution in [0.4, 0.5) is 11.4 Å². The molecule has 5 heteroatoms. The number of para-hydroxylation sites is 2. The summed E-state index contributed by atoms with van der Waals surface area (Å²) >= 11 is 0. The Balaban J connectivity index is 2.65. The number of benzene rings is 1. The van der Waals surface area contributed by atoms with Gasteiger partial charge in [0.25, 0.3) is 0 Å². The van der Waals surface area contributed by atoms with Crippen molar-refractivity contribution in [3.05, 3.63) is 24.3 Å². The molecule has 0 fully saturated rings. The first-order chi connectivity index (χ1) is 6.59. The molecule has 1 aromatic rings. The number of anilines is 2. The first-order valence-electron chi connectivity index (χ1n) is 4.04. The van der Waals surface area contributed by atoms with E-state index in [1.54, 1.807) is 24.3 Å². The topological polar surface area (TPSA) is 72.2 Å². The van der Waals surface area contributed by atoms with Crippen molar-refractivity contribution in [3.63, 3.8) is 0 Å². The molecule has 14 heavy (non-hydrogen) atoms. The van der Waals surface area contributed by atoms with E-state index in [1.165, 1.54) is 6.26 Å². The molecule has 76 valence electrons. The van der Waals surface area contributed by atoms with E-state index in [1.807, 2.05) is 0 Å². The highest BCUT2D eigenvalue weighted by atomic mass is 32.2. The molecule has 0 aliphatic carbocycles. The van der Waals surface area contributed by atoms with Gasteiger partial charge in [-0.05, 0) is 12.1 Å². The molecule has 0 saturated heterocycles. The zero-order chi connectivity index (χ0) is 10.6. The second-order valence-corrected chi connectivity index (χ2v) is 4.29. The lowest BCUT2D eigenvalue weighted by Crippen LogP contribution is -2.19. The molecule has 0 spiro atoms. The maximum Gasteiger partial charge on any atom is 0.237 e. The Labute approximate surface area is 85.0 Å². The van der Waals surface area contributed by atoms with Gasteiger partial charge < -0.3 is 11.1 Å². The summed E-state index contributed by atoms with van der Waals surface area (Å²) in [4.78, 5) is 11.2. The van der Waals surface area contributed by atoms with E-state index < -0.39 is 10.8 Å². The number of nitrogens with one attached hydrogen (secondary N) is 1. The number of hydrogen-bond acceptors (Lipinski definition) is 3. The smallest absolute Gasteiger partial charge is 0.237 e. The fourth-order valence-electron chi connectivity index (χ4n) is 0.982. The predicted octanol–water partition coefficient (Wildman–Crippen LogP) is 0.586. The molecule has 0 aliphatic heterocycles. The summed E-state index contributed by atoms with van der Waals surface area (Å²) in [7, 11) is -1.13. The van der Waals surface area contributed by atoms with E-state index in [-0.39, 0.29) is 11.7 Å². The second kappa shape index (κ2) is 4.76. The van der Waals surface area contributed by atoms with Crippen LogP contribution in [0.5, 0.6) is 0 Å². The van der Waals surface area contributed by atoms with Crippen molar-refractivity contribution in [2.24, 2.45) is 0 Å². The quantitative estimate of drug-likeness (QED) is 0.720. The van der Waals surface area contributed by atoms with Crippen molar-refractivity contribution in [2.75, 3.05) is 23.1 Å². The summed E-state index contributed by atoms with van der Waals surface area (Å²) in [6.45, 7) is 0. The maximum atomic E-state index is 11.2. The Kier molecular flexibility index (Phi) is 3.64. The summed E-state index contributed by atoms with van der Waals surface area (Å²) < 4.78 is 10.7. The van der Waals surface area contributed by atoms with Gasteiger partial charge in [0.15, 0.2) is 0 Å². The van der Waals surface area contributed by atoms with Crippen molar-refractivity contribution in [2.45, 2.75) is 0 Å². The first-order valence-corrected chi connectivity index (χ1v) is 5.76. The summed E-state index contributed by atoms with van der Waals surface area (Å²) in [6.07, 6.45) is 1.48. The summed E-state index contributed by atoms with van der Waals surface area (Å²) in [5.41, 5.74) is 6.67. The van der Waals surface area contributed by atoms with E-state index >= 15 is 0 Å². The first kappa shape index (κ1) is 10.7. The molecular weight excluding hydrogens is 200 g/mol. The summed E-state index contributed by atoms with van der Waals surface area (Å²) in [5.74, 6) is -0.294. The van der Waals surface area contributed by atoms with Gasteiger partial charge >= 0.3 is 0 Å². The molecule has 1 aromatic carbocycles. The highest BCUT2D eigenvalue weighted by molar-refractivity contribution is 7.85. The molecule has 0 aromatic heterocycles. The number of hydrogen-bond donors (Lipinski definition) is 2. The number of amides is 1. The Morgan fingerprint density at radius 3 is 2.71 bits per heavy atom. The molecule has 1 unspecified atom stereocenters. The molecule has 0 heterocycles. The molecule has 1 rings (SSSR count). The SMILES string of the molecule is CS(=O)CC(=O)Nc1ccccc1N. The molecule has 3 N–H and O–H groups in total. The van der Waals surface area contributed by atoms with Crippen LogP contribution in [0.1, 0.15) is 0 Å². The van der Waals surface area contributed by atoms with Gasteiger partial charge in [-0.15, -0.1) is 0 Å². The molecule has 1 atom stereocenters.